The highest BCUT2D eigenvalue weighted by molar-refractivity contribution is 5.87. The van der Waals surface area contributed by atoms with Gasteiger partial charge < -0.3 is 9.80 Å². The maximum Gasteiger partial charge on any atom is 0.244 e. The van der Waals surface area contributed by atoms with Gasteiger partial charge in [-0.3, -0.25) is 14.3 Å². The van der Waals surface area contributed by atoms with Crippen molar-refractivity contribution in [2.75, 3.05) is 26.2 Å². The maximum absolute atomic E-state index is 12.7. The predicted octanol–water partition coefficient (Wildman–Crippen LogP) is -0.527. The smallest absolute Gasteiger partial charge is 0.244 e. The fourth-order valence-electron chi connectivity index (χ4n) is 3.37. The van der Waals surface area contributed by atoms with Gasteiger partial charge in [0.1, 0.15) is 12.9 Å². The Hall–Kier alpha value is -3.30. The van der Waals surface area contributed by atoms with E-state index in [9.17, 15) is 9.59 Å². The summed E-state index contributed by atoms with van der Waals surface area (Å²) in [7, 11) is 1.88. The standard InChI is InChI=1S/C17H20N8O2/c1-22-15-5-3-2-4-13(15)14(19-22)10-16(26)23-6-8-24(9-7-23)17(27)11-25-12-18-20-21-25/h2-5,12H,6-11H2,1H3. The molecule has 0 aliphatic carbocycles. The average molecular weight is 368 g/mol. The van der Waals surface area contributed by atoms with Gasteiger partial charge in [-0.25, -0.2) is 4.68 Å². The second kappa shape index (κ2) is 7.14. The third kappa shape index (κ3) is 3.50. The van der Waals surface area contributed by atoms with Crippen LogP contribution in [0.5, 0.6) is 0 Å². The molecule has 1 saturated heterocycles. The van der Waals surface area contributed by atoms with Crippen molar-refractivity contribution in [3.05, 3.63) is 36.3 Å². The normalized spacial score (nSPS) is 14.7. The summed E-state index contributed by atoms with van der Waals surface area (Å²) in [6, 6.07) is 7.89. The second-order valence-electron chi connectivity index (χ2n) is 6.53. The lowest BCUT2D eigenvalue weighted by atomic mass is 10.1. The van der Waals surface area contributed by atoms with E-state index in [2.05, 4.69) is 20.6 Å². The molecule has 0 unspecified atom stereocenters. The number of rotatable bonds is 4. The highest BCUT2D eigenvalue weighted by atomic mass is 16.2. The van der Waals surface area contributed by atoms with E-state index in [-0.39, 0.29) is 24.8 Å². The molecular weight excluding hydrogens is 348 g/mol. The first-order valence-corrected chi connectivity index (χ1v) is 8.79. The number of piperazine rings is 1. The zero-order chi connectivity index (χ0) is 18.8. The van der Waals surface area contributed by atoms with E-state index < -0.39 is 0 Å². The van der Waals surface area contributed by atoms with Crippen molar-refractivity contribution in [3.8, 4) is 0 Å². The quantitative estimate of drug-likeness (QED) is 0.614. The molecule has 10 nitrogen and oxygen atoms in total. The van der Waals surface area contributed by atoms with Crippen LogP contribution in [0.1, 0.15) is 5.69 Å². The molecule has 4 rings (SSSR count). The van der Waals surface area contributed by atoms with Crippen LogP contribution in [0.2, 0.25) is 0 Å². The molecule has 140 valence electrons. The van der Waals surface area contributed by atoms with Gasteiger partial charge in [0, 0.05) is 38.6 Å². The van der Waals surface area contributed by atoms with Crippen LogP contribution in [0.3, 0.4) is 0 Å². The Morgan fingerprint density at radius 2 is 1.74 bits per heavy atom. The molecule has 0 N–H and O–H groups in total. The van der Waals surface area contributed by atoms with Crippen LogP contribution in [-0.2, 0) is 29.6 Å². The van der Waals surface area contributed by atoms with Crippen molar-refractivity contribution in [1.82, 2.24) is 39.8 Å². The van der Waals surface area contributed by atoms with Crippen molar-refractivity contribution in [3.63, 3.8) is 0 Å². The van der Waals surface area contributed by atoms with Crippen LogP contribution in [0.25, 0.3) is 10.9 Å². The van der Waals surface area contributed by atoms with Crippen molar-refractivity contribution in [1.29, 1.82) is 0 Å². The molecule has 2 amide bonds. The Kier molecular flexibility index (Phi) is 4.53. The molecule has 1 aromatic carbocycles. The molecule has 0 bridgehead atoms. The first-order chi connectivity index (χ1) is 13.1. The lowest BCUT2D eigenvalue weighted by Gasteiger charge is -2.34. The Bertz CT molecular complexity index is 957. The van der Waals surface area contributed by atoms with Crippen LogP contribution < -0.4 is 0 Å². The number of para-hydroxylation sites is 1. The molecule has 0 radical (unpaired) electrons. The van der Waals surface area contributed by atoms with Crippen LogP contribution in [0, 0.1) is 0 Å². The minimum absolute atomic E-state index is 0.0337. The van der Waals surface area contributed by atoms with Crippen molar-refractivity contribution in [2.24, 2.45) is 7.05 Å². The number of fused-ring (bicyclic) bond motifs is 1. The summed E-state index contributed by atoms with van der Waals surface area (Å²) in [5.74, 6) is -0.0171. The predicted molar refractivity (Wildman–Crippen MR) is 95.4 cm³/mol. The number of hydrogen-bond donors (Lipinski definition) is 0. The van der Waals surface area contributed by atoms with E-state index in [1.54, 1.807) is 14.5 Å². The third-order valence-electron chi connectivity index (χ3n) is 4.83. The van der Waals surface area contributed by atoms with E-state index >= 15 is 0 Å². The largest absolute Gasteiger partial charge is 0.339 e. The lowest BCUT2D eigenvalue weighted by Crippen LogP contribution is -2.51. The molecule has 2 aromatic heterocycles. The Morgan fingerprint density at radius 1 is 1.04 bits per heavy atom. The molecular formula is C17H20N8O2. The Morgan fingerprint density at radius 3 is 2.44 bits per heavy atom. The average Bonchev–Trinajstić information content (AvgIpc) is 3.30. The lowest BCUT2D eigenvalue weighted by molar-refractivity contribution is -0.139. The van der Waals surface area contributed by atoms with Crippen LogP contribution in [-0.4, -0.2) is 77.8 Å². The van der Waals surface area contributed by atoms with Crippen LogP contribution >= 0.6 is 0 Å². The molecule has 1 fully saturated rings. The molecule has 3 aromatic rings. The number of nitrogens with zero attached hydrogens (tertiary/aromatic N) is 8. The molecule has 1 aliphatic heterocycles. The number of aromatic nitrogens is 6. The van der Waals surface area contributed by atoms with E-state index in [0.29, 0.717) is 26.2 Å². The van der Waals surface area contributed by atoms with Crippen LogP contribution in [0.15, 0.2) is 30.6 Å². The minimum atomic E-state index is -0.0508. The van der Waals surface area contributed by atoms with E-state index in [4.69, 9.17) is 0 Å². The molecule has 0 atom stereocenters. The van der Waals surface area contributed by atoms with Gasteiger partial charge in [-0.15, -0.1) is 5.10 Å². The molecule has 3 heterocycles. The Labute approximate surface area is 155 Å². The first kappa shape index (κ1) is 17.1. The topological polar surface area (TPSA) is 102 Å². The van der Waals surface area contributed by atoms with Crippen molar-refractivity contribution in [2.45, 2.75) is 13.0 Å². The van der Waals surface area contributed by atoms with Crippen LogP contribution in [0.4, 0.5) is 0 Å². The second-order valence-corrected chi connectivity index (χ2v) is 6.53. The molecule has 10 heteroatoms. The summed E-state index contributed by atoms with van der Waals surface area (Å²) in [5, 5.41) is 16.2. The monoisotopic (exact) mass is 368 g/mol. The van der Waals surface area contributed by atoms with Gasteiger partial charge >= 0.3 is 0 Å². The van der Waals surface area contributed by atoms with E-state index in [0.717, 1.165) is 16.6 Å². The SMILES string of the molecule is Cn1nc(CC(=O)N2CCN(C(=O)Cn3cnnn3)CC2)c2ccccc21. The molecule has 0 saturated carbocycles. The number of tetrazole rings is 1. The first-order valence-electron chi connectivity index (χ1n) is 8.79. The number of carbonyl (C=O) groups is 2. The molecule has 0 spiro atoms. The molecule has 1 aliphatic rings. The van der Waals surface area contributed by atoms with Gasteiger partial charge in [-0.1, -0.05) is 18.2 Å². The zero-order valence-corrected chi connectivity index (χ0v) is 15.0. The number of benzene rings is 1. The molecule has 27 heavy (non-hydrogen) atoms. The number of aryl methyl sites for hydroxylation is 1. The van der Waals surface area contributed by atoms with Gasteiger partial charge in [0.15, 0.2) is 0 Å². The maximum atomic E-state index is 12.7. The fraction of sp³-hybridized carbons (Fsp3) is 0.412. The minimum Gasteiger partial charge on any atom is -0.339 e. The number of amides is 2. The Balaban J connectivity index is 1.35. The highest BCUT2D eigenvalue weighted by Crippen LogP contribution is 2.18. The van der Waals surface area contributed by atoms with Gasteiger partial charge in [0.25, 0.3) is 0 Å². The van der Waals surface area contributed by atoms with Gasteiger partial charge in [0.05, 0.1) is 17.6 Å². The van der Waals surface area contributed by atoms with Crippen molar-refractivity contribution < 1.29 is 9.59 Å². The summed E-state index contributed by atoms with van der Waals surface area (Å²) in [6.07, 6.45) is 1.68. The fourth-order valence-corrected chi connectivity index (χ4v) is 3.37. The number of carbonyl (C=O) groups excluding carboxylic acids is 2. The third-order valence-corrected chi connectivity index (χ3v) is 4.83. The number of hydrogen-bond acceptors (Lipinski definition) is 6. The van der Waals surface area contributed by atoms with E-state index in [1.807, 2.05) is 31.3 Å². The summed E-state index contributed by atoms with van der Waals surface area (Å²) in [6.45, 7) is 2.17. The van der Waals surface area contributed by atoms with E-state index in [1.165, 1.54) is 11.0 Å². The summed E-state index contributed by atoms with van der Waals surface area (Å²) < 4.78 is 3.19. The van der Waals surface area contributed by atoms with Gasteiger partial charge in [-0.2, -0.15) is 5.10 Å². The highest BCUT2D eigenvalue weighted by Gasteiger charge is 2.25. The summed E-state index contributed by atoms with van der Waals surface area (Å²) >= 11 is 0. The van der Waals surface area contributed by atoms with Gasteiger partial charge in [0.2, 0.25) is 11.8 Å². The van der Waals surface area contributed by atoms with Gasteiger partial charge in [-0.05, 0) is 16.5 Å². The zero-order valence-electron chi connectivity index (χ0n) is 15.0. The van der Waals surface area contributed by atoms with Crippen molar-refractivity contribution >= 4 is 22.7 Å². The summed E-state index contributed by atoms with van der Waals surface area (Å²) in [4.78, 5) is 28.5. The summed E-state index contributed by atoms with van der Waals surface area (Å²) in [5.41, 5.74) is 1.80.